The first kappa shape index (κ1) is 11.0. The molecule has 0 aromatic carbocycles. The van der Waals surface area contributed by atoms with Gasteiger partial charge in [0.15, 0.2) is 0 Å². The molecule has 1 unspecified atom stereocenters. The summed E-state index contributed by atoms with van der Waals surface area (Å²) in [6, 6.07) is 4.97. The Kier molecular flexibility index (Phi) is 3.65. The van der Waals surface area contributed by atoms with E-state index in [1.165, 1.54) is 24.9 Å². The molecule has 1 fully saturated rings. The van der Waals surface area contributed by atoms with Gasteiger partial charge in [-0.05, 0) is 43.8 Å². The number of aromatic nitrogens is 1. The van der Waals surface area contributed by atoms with Crippen LogP contribution in [0.2, 0.25) is 0 Å². The van der Waals surface area contributed by atoms with Gasteiger partial charge in [0.25, 0.3) is 0 Å². The minimum atomic E-state index is 0.610. The quantitative estimate of drug-likeness (QED) is 0.731. The summed E-state index contributed by atoms with van der Waals surface area (Å²) in [4.78, 5) is 6.98. The van der Waals surface area contributed by atoms with E-state index in [9.17, 15) is 0 Å². The third kappa shape index (κ3) is 2.34. The van der Waals surface area contributed by atoms with Crippen molar-refractivity contribution < 1.29 is 0 Å². The number of thioether (sulfide) groups is 1. The molecule has 15 heavy (non-hydrogen) atoms. The van der Waals surface area contributed by atoms with Gasteiger partial charge in [-0.15, -0.1) is 11.8 Å². The van der Waals surface area contributed by atoms with Crippen LogP contribution < -0.4 is 0 Å². The van der Waals surface area contributed by atoms with Gasteiger partial charge in [0.1, 0.15) is 0 Å². The van der Waals surface area contributed by atoms with Crippen molar-refractivity contribution in [2.45, 2.75) is 30.8 Å². The normalized spacial score (nSPS) is 22.1. The van der Waals surface area contributed by atoms with Gasteiger partial charge in [0.2, 0.25) is 0 Å². The molecule has 2 nitrogen and oxygen atoms in total. The summed E-state index contributed by atoms with van der Waals surface area (Å²) in [5, 5.41) is 1.11. The van der Waals surface area contributed by atoms with Gasteiger partial charge >= 0.3 is 0 Å². The Hall–Kier alpha value is -0.540. The minimum absolute atomic E-state index is 0.610. The molecule has 1 aliphatic rings. The fraction of sp³-hybridized carbons (Fsp3) is 0.583. The Bertz CT molecular complexity index is 310. The van der Waals surface area contributed by atoms with Gasteiger partial charge in [-0.3, -0.25) is 4.90 Å². The van der Waals surface area contributed by atoms with E-state index < -0.39 is 0 Å². The maximum Gasteiger partial charge on any atom is 0.0957 e. The lowest BCUT2D eigenvalue weighted by Gasteiger charge is -2.22. The number of hydrogen-bond donors (Lipinski definition) is 0. The molecule has 1 saturated heterocycles. The van der Waals surface area contributed by atoms with Gasteiger partial charge in [0, 0.05) is 12.2 Å². The summed E-state index contributed by atoms with van der Waals surface area (Å²) in [7, 11) is 0. The van der Waals surface area contributed by atoms with Crippen molar-refractivity contribution in [3.63, 3.8) is 0 Å². The molecular weight excluding hydrogens is 204 g/mol. The lowest BCUT2D eigenvalue weighted by atomic mass is 10.1. The Morgan fingerprint density at radius 2 is 2.40 bits per heavy atom. The molecule has 0 spiro atoms. The van der Waals surface area contributed by atoms with Gasteiger partial charge in [0.05, 0.1) is 5.03 Å². The molecule has 1 aliphatic heterocycles. The largest absolute Gasteiger partial charge is 0.297 e. The maximum absolute atomic E-state index is 4.45. The Labute approximate surface area is 96.1 Å². The molecule has 1 aromatic rings. The summed E-state index contributed by atoms with van der Waals surface area (Å²) >= 11 is 1.70. The van der Waals surface area contributed by atoms with E-state index >= 15 is 0 Å². The smallest absolute Gasteiger partial charge is 0.0957 e. The number of nitrogens with zero attached hydrogens (tertiary/aromatic N) is 2. The predicted molar refractivity (Wildman–Crippen MR) is 65.2 cm³/mol. The SMILES string of the molecule is CCN1CCCC1c1ccc(SC)nc1. The van der Waals surface area contributed by atoms with Crippen LogP contribution in [0.1, 0.15) is 31.4 Å². The highest BCUT2D eigenvalue weighted by molar-refractivity contribution is 7.98. The van der Waals surface area contributed by atoms with Crippen LogP contribution >= 0.6 is 11.8 Å². The zero-order chi connectivity index (χ0) is 10.7. The third-order valence-electron chi connectivity index (χ3n) is 3.12. The van der Waals surface area contributed by atoms with Gasteiger partial charge in [-0.25, -0.2) is 4.98 Å². The number of rotatable bonds is 3. The highest BCUT2D eigenvalue weighted by atomic mass is 32.2. The first-order valence-electron chi connectivity index (χ1n) is 5.59. The van der Waals surface area contributed by atoms with Crippen LogP contribution in [0.3, 0.4) is 0 Å². The number of hydrogen-bond acceptors (Lipinski definition) is 3. The highest BCUT2D eigenvalue weighted by Gasteiger charge is 2.24. The molecule has 2 heterocycles. The van der Waals surface area contributed by atoms with E-state index in [4.69, 9.17) is 0 Å². The highest BCUT2D eigenvalue weighted by Crippen LogP contribution is 2.31. The first-order chi connectivity index (χ1) is 7.35. The van der Waals surface area contributed by atoms with Crippen molar-refractivity contribution in [3.8, 4) is 0 Å². The van der Waals surface area contributed by atoms with Crippen molar-refractivity contribution in [3.05, 3.63) is 23.9 Å². The first-order valence-corrected chi connectivity index (χ1v) is 6.81. The second kappa shape index (κ2) is 4.99. The molecule has 0 radical (unpaired) electrons. The lowest BCUT2D eigenvalue weighted by Crippen LogP contribution is -2.22. The van der Waals surface area contributed by atoms with Gasteiger partial charge in [-0.1, -0.05) is 13.0 Å². The van der Waals surface area contributed by atoms with Crippen LogP contribution in [0.25, 0.3) is 0 Å². The predicted octanol–water partition coefficient (Wildman–Crippen LogP) is 2.96. The van der Waals surface area contributed by atoms with Gasteiger partial charge < -0.3 is 0 Å². The van der Waals surface area contributed by atoms with Crippen molar-refractivity contribution >= 4 is 11.8 Å². The molecule has 3 heteroatoms. The summed E-state index contributed by atoms with van der Waals surface area (Å²) in [5.41, 5.74) is 1.38. The molecular formula is C12H18N2S. The molecule has 0 bridgehead atoms. The zero-order valence-electron chi connectivity index (χ0n) is 9.44. The summed E-state index contributed by atoms with van der Waals surface area (Å²) in [6.45, 7) is 4.63. The van der Waals surface area contributed by atoms with Crippen molar-refractivity contribution in [1.82, 2.24) is 9.88 Å². The van der Waals surface area contributed by atoms with E-state index in [2.05, 4.69) is 35.2 Å². The van der Waals surface area contributed by atoms with Crippen LogP contribution in [-0.2, 0) is 0 Å². The monoisotopic (exact) mass is 222 g/mol. The van der Waals surface area contributed by atoms with Crippen LogP contribution in [0.4, 0.5) is 0 Å². The van der Waals surface area contributed by atoms with Crippen molar-refractivity contribution in [2.75, 3.05) is 19.3 Å². The van der Waals surface area contributed by atoms with E-state index in [-0.39, 0.29) is 0 Å². The van der Waals surface area contributed by atoms with Gasteiger partial charge in [-0.2, -0.15) is 0 Å². The fourth-order valence-corrected chi connectivity index (χ4v) is 2.65. The zero-order valence-corrected chi connectivity index (χ0v) is 10.3. The summed E-state index contributed by atoms with van der Waals surface area (Å²) in [5.74, 6) is 0. The summed E-state index contributed by atoms with van der Waals surface area (Å²) in [6.07, 6.45) is 6.72. The Morgan fingerprint density at radius 1 is 1.53 bits per heavy atom. The van der Waals surface area contributed by atoms with E-state index in [1.54, 1.807) is 11.8 Å². The number of likely N-dealkylation sites (tertiary alicyclic amines) is 1. The van der Waals surface area contributed by atoms with E-state index in [0.29, 0.717) is 6.04 Å². The van der Waals surface area contributed by atoms with Crippen LogP contribution in [0.5, 0.6) is 0 Å². The van der Waals surface area contributed by atoms with E-state index in [1.807, 2.05) is 6.20 Å². The third-order valence-corrected chi connectivity index (χ3v) is 3.78. The standard InChI is InChI=1S/C12H18N2S/c1-3-14-8-4-5-11(14)10-6-7-12(15-2)13-9-10/h6-7,9,11H,3-5,8H2,1-2H3. The Balaban J connectivity index is 2.14. The molecule has 0 aliphatic carbocycles. The molecule has 2 rings (SSSR count). The van der Waals surface area contributed by atoms with Crippen molar-refractivity contribution in [2.24, 2.45) is 0 Å². The van der Waals surface area contributed by atoms with Crippen LogP contribution in [-0.4, -0.2) is 29.2 Å². The number of pyridine rings is 1. The second-order valence-electron chi connectivity index (χ2n) is 3.92. The van der Waals surface area contributed by atoms with Crippen LogP contribution in [0, 0.1) is 0 Å². The molecule has 1 atom stereocenters. The molecule has 0 N–H and O–H groups in total. The minimum Gasteiger partial charge on any atom is -0.297 e. The maximum atomic E-state index is 4.45. The molecule has 1 aromatic heterocycles. The topological polar surface area (TPSA) is 16.1 Å². The molecule has 0 amide bonds. The second-order valence-corrected chi connectivity index (χ2v) is 4.75. The van der Waals surface area contributed by atoms with E-state index in [0.717, 1.165) is 11.6 Å². The average Bonchev–Trinajstić information content (AvgIpc) is 2.77. The van der Waals surface area contributed by atoms with Crippen LogP contribution in [0.15, 0.2) is 23.4 Å². The fourth-order valence-electron chi connectivity index (χ4n) is 2.29. The average molecular weight is 222 g/mol. The Morgan fingerprint density at radius 3 is 3.00 bits per heavy atom. The van der Waals surface area contributed by atoms with Crippen molar-refractivity contribution in [1.29, 1.82) is 0 Å². The summed E-state index contributed by atoms with van der Waals surface area (Å²) < 4.78 is 0. The molecule has 82 valence electrons. The lowest BCUT2D eigenvalue weighted by molar-refractivity contribution is 0.271. The molecule has 0 saturated carbocycles.